The van der Waals surface area contributed by atoms with Gasteiger partial charge in [-0.3, -0.25) is 4.79 Å². The Morgan fingerprint density at radius 2 is 1.65 bits per heavy atom. The van der Waals surface area contributed by atoms with Crippen molar-refractivity contribution in [2.24, 2.45) is 23.5 Å². The lowest BCUT2D eigenvalue weighted by Crippen LogP contribution is -2.48. The van der Waals surface area contributed by atoms with Gasteiger partial charge in [-0.25, -0.2) is 0 Å². The van der Waals surface area contributed by atoms with E-state index in [1.807, 2.05) is 24.3 Å². The fraction of sp³-hybridized carbons (Fsp3) is 0.667. The first kappa shape index (κ1) is 19.5. The van der Waals surface area contributed by atoms with Gasteiger partial charge in [0, 0.05) is 12.0 Å². The molecule has 4 nitrogen and oxygen atoms in total. The number of rotatable bonds is 4. The number of carbonyl (C=O) groups excluding carboxylic acids is 1. The summed E-state index contributed by atoms with van der Waals surface area (Å²) in [5.41, 5.74) is 7.18. The van der Waals surface area contributed by atoms with Gasteiger partial charge in [-0.1, -0.05) is 18.6 Å². The average Bonchev–Trinajstić information content (AvgIpc) is 3.09. The predicted molar refractivity (Wildman–Crippen MR) is 107 cm³/mol. The molecule has 0 radical (unpaired) electrons. The monoisotopic (exact) mass is 378 g/mol. The first-order valence-corrected chi connectivity index (χ1v) is 10.0. The highest BCUT2D eigenvalue weighted by Crippen LogP contribution is 2.42. The first-order chi connectivity index (χ1) is 12.2. The van der Waals surface area contributed by atoms with E-state index in [-0.39, 0.29) is 24.2 Å². The number of amides is 1. The van der Waals surface area contributed by atoms with E-state index in [0.29, 0.717) is 24.0 Å². The largest absolute Gasteiger partial charge is 0.488 e. The molecular formula is C21H31ClN2O2. The summed E-state index contributed by atoms with van der Waals surface area (Å²) in [6.07, 6.45) is 10.5. The molecule has 5 heteroatoms. The van der Waals surface area contributed by atoms with Crippen LogP contribution in [0.2, 0.25) is 0 Å². The molecule has 0 aliphatic heterocycles. The number of para-hydroxylation sites is 2. The van der Waals surface area contributed by atoms with Crippen molar-refractivity contribution in [3.63, 3.8) is 0 Å². The van der Waals surface area contributed by atoms with Crippen molar-refractivity contribution >= 4 is 24.0 Å². The third-order valence-electron chi connectivity index (χ3n) is 6.52. The second-order valence-electron chi connectivity index (χ2n) is 8.21. The van der Waals surface area contributed by atoms with Crippen LogP contribution in [0.25, 0.3) is 0 Å². The molecule has 3 aliphatic rings. The number of carbonyl (C=O) groups is 1. The van der Waals surface area contributed by atoms with Crippen molar-refractivity contribution in [1.29, 1.82) is 0 Å². The maximum absolute atomic E-state index is 12.9. The van der Waals surface area contributed by atoms with Crippen LogP contribution in [0.15, 0.2) is 24.3 Å². The summed E-state index contributed by atoms with van der Waals surface area (Å²) in [5.74, 6) is 2.10. The van der Waals surface area contributed by atoms with Crippen LogP contribution in [0.5, 0.6) is 5.75 Å². The molecule has 2 bridgehead atoms. The fourth-order valence-corrected chi connectivity index (χ4v) is 5.10. The summed E-state index contributed by atoms with van der Waals surface area (Å²) >= 11 is 0. The van der Waals surface area contributed by atoms with Gasteiger partial charge in [0.05, 0.1) is 11.8 Å². The molecule has 2 unspecified atom stereocenters. The van der Waals surface area contributed by atoms with E-state index in [2.05, 4.69) is 5.32 Å². The Kier molecular flexibility index (Phi) is 6.46. The number of nitrogens with one attached hydrogen (secondary N) is 1. The lowest BCUT2D eigenvalue weighted by atomic mass is 9.65. The number of anilines is 1. The van der Waals surface area contributed by atoms with Crippen LogP contribution in [0.3, 0.4) is 0 Å². The number of fused-ring (bicyclic) bond motifs is 2. The average molecular weight is 379 g/mol. The van der Waals surface area contributed by atoms with Gasteiger partial charge in [-0.15, -0.1) is 12.4 Å². The van der Waals surface area contributed by atoms with Crippen molar-refractivity contribution in [3.8, 4) is 5.75 Å². The molecule has 0 heterocycles. The zero-order chi connectivity index (χ0) is 17.2. The number of hydrogen-bond donors (Lipinski definition) is 2. The number of nitrogens with two attached hydrogens (primary N) is 1. The fourth-order valence-electron chi connectivity index (χ4n) is 5.10. The number of hydrogen-bond acceptors (Lipinski definition) is 3. The van der Waals surface area contributed by atoms with Crippen LogP contribution in [0, 0.1) is 17.8 Å². The van der Waals surface area contributed by atoms with Crippen LogP contribution in [-0.4, -0.2) is 18.1 Å². The molecule has 3 saturated carbocycles. The van der Waals surface area contributed by atoms with E-state index in [0.717, 1.165) is 37.1 Å². The van der Waals surface area contributed by atoms with Crippen LogP contribution >= 0.6 is 12.4 Å². The van der Waals surface area contributed by atoms with E-state index in [1.54, 1.807) is 0 Å². The number of halogens is 1. The molecule has 0 saturated heterocycles. The molecule has 3 aliphatic carbocycles. The predicted octanol–water partition coefficient (Wildman–Crippen LogP) is 4.52. The minimum Gasteiger partial charge on any atom is -0.488 e. The van der Waals surface area contributed by atoms with Gasteiger partial charge in [-0.05, 0) is 75.3 Å². The van der Waals surface area contributed by atoms with Gasteiger partial charge in [0.25, 0.3) is 0 Å². The molecule has 3 fully saturated rings. The van der Waals surface area contributed by atoms with Gasteiger partial charge in [0.1, 0.15) is 5.75 Å². The van der Waals surface area contributed by atoms with Crippen molar-refractivity contribution < 1.29 is 9.53 Å². The van der Waals surface area contributed by atoms with Gasteiger partial charge in [0.15, 0.2) is 0 Å². The topological polar surface area (TPSA) is 64.4 Å². The van der Waals surface area contributed by atoms with E-state index in [4.69, 9.17) is 10.5 Å². The molecule has 26 heavy (non-hydrogen) atoms. The Balaban J connectivity index is 0.00000196. The van der Waals surface area contributed by atoms with Crippen molar-refractivity contribution in [1.82, 2.24) is 0 Å². The molecule has 144 valence electrons. The van der Waals surface area contributed by atoms with Crippen LogP contribution < -0.4 is 15.8 Å². The summed E-state index contributed by atoms with van der Waals surface area (Å²) in [4.78, 5) is 12.9. The van der Waals surface area contributed by atoms with Crippen molar-refractivity contribution in [2.45, 2.75) is 69.9 Å². The maximum atomic E-state index is 12.9. The Labute approximate surface area is 162 Å². The minimum atomic E-state index is 0. The highest BCUT2D eigenvalue weighted by atomic mass is 35.5. The zero-order valence-electron chi connectivity index (χ0n) is 15.4. The van der Waals surface area contributed by atoms with Crippen LogP contribution in [-0.2, 0) is 4.79 Å². The Morgan fingerprint density at radius 1 is 1.00 bits per heavy atom. The molecule has 1 aromatic carbocycles. The van der Waals surface area contributed by atoms with E-state index >= 15 is 0 Å². The van der Waals surface area contributed by atoms with E-state index < -0.39 is 0 Å². The molecule has 4 rings (SSSR count). The zero-order valence-corrected chi connectivity index (χ0v) is 16.2. The molecule has 3 N–H and O–H groups in total. The molecule has 1 amide bonds. The van der Waals surface area contributed by atoms with Gasteiger partial charge < -0.3 is 15.8 Å². The molecule has 1 aromatic rings. The number of ether oxygens (including phenoxy) is 1. The highest BCUT2D eigenvalue weighted by molar-refractivity contribution is 5.94. The first-order valence-electron chi connectivity index (χ1n) is 10.0. The van der Waals surface area contributed by atoms with Crippen molar-refractivity contribution in [3.05, 3.63) is 24.3 Å². The number of benzene rings is 1. The molecule has 2 atom stereocenters. The quantitative estimate of drug-likeness (QED) is 0.809. The van der Waals surface area contributed by atoms with E-state index in [1.165, 1.54) is 32.1 Å². The molecule has 0 spiro atoms. The third kappa shape index (κ3) is 4.17. The Morgan fingerprint density at radius 3 is 2.35 bits per heavy atom. The second kappa shape index (κ2) is 8.62. The van der Waals surface area contributed by atoms with Gasteiger partial charge >= 0.3 is 0 Å². The van der Waals surface area contributed by atoms with Gasteiger partial charge in [0.2, 0.25) is 5.91 Å². The SMILES string of the molecule is Cl.NC1C2CCCC1CC(C(=O)Nc1ccccc1OC1CCCC1)C2. The Bertz CT molecular complexity index is 604. The Hall–Kier alpha value is -1.26. The lowest BCUT2D eigenvalue weighted by molar-refractivity contribution is -0.122. The normalized spacial score (nSPS) is 31.1. The smallest absolute Gasteiger partial charge is 0.227 e. The van der Waals surface area contributed by atoms with Crippen molar-refractivity contribution in [2.75, 3.05) is 5.32 Å². The highest BCUT2D eigenvalue weighted by Gasteiger charge is 2.40. The summed E-state index contributed by atoms with van der Waals surface area (Å²) in [6, 6.07) is 8.17. The van der Waals surface area contributed by atoms with Crippen LogP contribution in [0.1, 0.15) is 57.8 Å². The third-order valence-corrected chi connectivity index (χ3v) is 6.52. The molecule has 0 aromatic heterocycles. The second-order valence-corrected chi connectivity index (χ2v) is 8.21. The maximum Gasteiger partial charge on any atom is 0.227 e. The molecular weight excluding hydrogens is 348 g/mol. The summed E-state index contributed by atoms with van der Waals surface area (Å²) in [6.45, 7) is 0. The summed E-state index contributed by atoms with van der Waals surface area (Å²) < 4.78 is 6.15. The lowest BCUT2D eigenvalue weighted by Gasteiger charge is -2.43. The summed E-state index contributed by atoms with van der Waals surface area (Å²) in [7, 11) is 0. The minimum absolute atomic E-state index is 0. The van der Waals surface area contributed by atoms with Gasteiger partial charge in [-0.2, -0.15) is 0 Å². The standard InChI is InChI=1S/C21H30N2O2.ClH/c22-20-14-6-5-7-15(20)13-16(12-14)21(24)23-18-10-3-4-11-19(18)25-17-8-1-2-9-17;/h3-4,10-11,14-17,20H,1-2,5-9,12-13,22H2,(H,23,24);1H. The van der Waals surface area contributed by atoms with Crippen LogP contribution in [0.4, 0.5) is 5.69 Å². The summed E-state index contributed by atoms with van der Waals surface area (Å²) in [5, 5.41) is 3.15. The van der Waals surface area contributed by atoms with E-state index in [9.17, 15) is 4.79 Å².